The molecule has 1 amide bonds. The standard InChI is InChI=1S/C25H25N5O2/c1-2-22(31)29-18-7-6-8-19(15-18)30-25-23(24(26)27-16-28-25)17-11-13-21(14-12-17)32-20-9-4-3-5-10-20/h1,3-5,9-14,16,18-19H,6-8,15H2,(H,29,31)(H3,26,27,28,30)/t18-,19+/m0/s1. The minimum atomic E-state index is -0.375. The maximum Gasteiger partial charge on any atom is 0.295 e. The van der Waals surface area contributed by atoms with Crippen LogP contribution in [0.4, 0.5) is 11.6 Å². The van der Waals surface area contributed by atoms with E-state index in [1.807, 2.05) is 54.6 Å². The second-order valence-corrected chi connectivity index (χ2v) is 7.74. The van der Waals surface area contributed by atoms with Gasteiger partial charge in [-0.3, -0.25) is 4.79 Å². The third-order valence-electron chi connectivity index (χ3n) is 5.48. The zero-order chi connectivity index (χ0) is 22.3. The first-order chi connectivity index (χ1) is 15.6. The van der Waals surface area contributed by atoms with Crippen LogP contribution < -0.4 is 21.1 Å². The number of benzene rings is 2. The van der Waals surface area contributed by atoms with Crippen LogP contribution in [-0.4, -0.2) is 28.0 Å². The quantitative estimate of drug-likeness (QED) is 0.514. The molecule has 1 aromatic heterocycles. The third kappa shape index (κ3) is 5.16. The summed E-state index contributed by atoms with van der Waals surface area (Å²) in [5, 5.41) is 6.38. The van der Waals surface area contributed by atoms with E-state index in [4.69, 9.17) is 16.9 Å². The van der Waals surface area contributed by atoms with Gasteiger partial charge in [0.2, 0.25) is 0 Å². The van der Waals surface area contributed by atoms with E-state index < -0.39 is 0 Å². The summed E-state index contributed by atoms with van der Waals surface area (Å²) in [4.78, 5) is 20.2. The number of hydrogen-bond acceptors (Lipinski definition) is 6. The largest absolute Gasteiger partial charge is 0.457 e. The number of nitrogens with two attached hydrogens (primary N) is 1. The van der Waals surface area contributed by atoms with Gasteiger partial charge in [-0.05, 0) is 61.4 Å². The van der Waals surface area contributed by atoms with Gasteiger partial charge in [-0.15, -0.1) is 6.42 Å². The molecule has 2 aromatic carbocycles. The number of amides is 1. The number of para-hydroxylation sites is 1. The molecule has 1 heterocycles. The molecule has 2 atom stereocenters. The molecule has 4 rings (SSSR count). The summed E-state index contributed by atoms with van der Waals surface area (Å²) < 4.78 is 5.88. The molecule has 0 saturated heterocycles. The number of terminal acetylenes is 1. The molecule has 162 valence electrons. The van der Waals surface area contributed by atoms with Crippen LogP contribution in [-0.2, 0) is 4.79 Å². The maximum atomic E-state index is 11.6. The summed E-state index contributed by atoms with van der Waals surface area (Å²) >= 11 is 0. The van der Waals surface area contributed by atoms with Crippen LogP contribution in [0.15, 0.2) is 60.9 Å². The average Bonchev–Trinajstić information content (AvgIpc) is 2.81. The van der Waals surface area contributed by atoms with Gasteiger partial charge in [0.25, 0.3) is 5.91 Å². The lowest BCUT2D eigenvalue weighted by molar-refractivity contribution is -0.116. The fraction of sp³-hybridized carbons (Fsp3) is 0.240. The Morgan fingerprint density at radius 2 is 1.75 bits per heavy atom. The molecule has 7 heteroatoms. The Bertz CT molecular complexity index is 1110. The van der Waals surface area contributed by atoms with E-state index in [9.17, 15) is 4.79 Å². The number of carbonyl (C=O) groups excluding carboxylic acids is 1. The third-order valence-corrected chi connectivity index (χ3v) is 5.48. The summed E-state index contributed by atoms with van der Waals surface area (Å²) in [6.45, 7) is 0. The normalized spacial score (nSPS) is 17.7. The van der Waals surface area contributed by atoms with Crippen LogP contribution in [0.5, 0.6) is 11.5 Å². The minimum absolute atomic E-state index is 0.0434. The molecule has 32 heavy (non-hydrogen) atoms. The highest BCUT2D eigenvalue weighted by atomic mass is 16.5. The molecule has 1 fully saturated rings. The molecule has 0 radical (unpaired) electrons. The average molecular weight is 428 g/mol. The van der Waals surface area contributed by atoms with Crippen molar-refractivity contribution < 1.29 is 9.53 Å². The van der Waals surface area contributed by atoms with Gasteiger partial charge in [0, 0.05) is 12.1 Å². The van der Waals surface area contributed by atoms with Crippen molar-refractivity contribution in [3.63, 3.8) is 0 Å². The number of nitrogens with zero attached hydrogens (tertiary/aromatic N) is 2. The maximum absolute atomic E-state index is 11.6. The van der Waals surface area contributed by atoms with Crippen molar-refractivity contribution in [3.05, 3.63) is 60.9 Å². The molecule has 0 aliphatic heterocycles. The predicted octanol–water partition coefficient (Wildman–Crippen LogP) is 3.99. The molecule has 0 unspecified atom stereocenters. The van der Waals surface area contributed by atoms with Crippen LogP contribution in [0.25, 0.3) is 11.1 Å². The summed E-state index contributed by atoms with van der Waals surface area (Å²) in [7, 11) is 0. The SMILES string of the molecule is C#CC(=O)N[C@H]1CCC[C@@H](Nc2ncnc(N)c2-c2ccc(Oc3ccccc3)cc2)C1. The molecular weight excluding hydrogens is 402 g/mol. The van der Waals surface area contributed by atoms with Crippen LogP contribution >= 0.6 is 0 Å². The van der Waals surface area contributed by atoms with E-state index in [2.05, 4.69) is 26.5 Å². The van der Waals surface area contributed by atoms with E-state index in [0.29, 0.717) is 11.6 Å². The number of rotatable bonds is 6. The molecular formula is C25H25N5O2. The fourth-order valence-electron chi connectivity index (χ4n) is 3.98. The highest BCUT2D eigenvalue weighted by molar-refractivity contribution is 5.93. The summed E-state index contributed by atoms with van der Waals surface area (Å²) in [5.74, 6) is 4.31. The van der Waals surface area contributed by atoms with Gasteiger partial charge in [-0.1, -0.05) is 30.3 Å². The lowest BCUT2D eigenvalue weighted by atomic mass is 9.90. The van der Waals surface area contributed by atoms with E-state index in [0.717, 1.165) is 48.3 Å². The Balaban J connectivity index is 1.51. The summed E-state index contributed by atoms with van der Waals surface area (Å²) in [6.07, 6.45) is 10.3. The number of nitrogen functional groups attached to an aromatic ring is 1. The van der Waals surface area contributed by atoms with Gasteiger partial charge in [0.1, 0.15) is 29.5 Å². The topological polar surface area (TPSA) is 102 Å². The molecule has 7 nitrogen and oxygen atoms in total. The first-order valence-corrected chi connectivity index (χ1v) is 10.6. The van der Waals surface area contributed by atoms with E-state index in [1.165, 1.54) is 6.33 Å². The predicted molar refractivity (Wildman–Crippen MR) is 125 cm³/mol. The lowest BCUT2D eigenvalue weighted by Gasteiger charge is -2.30. The Kier molecular flexibility index (Phi) is 6.52. The highest BCUT2D eigenvalue weighted by Gasteiger charge is 2.24. The highest BCUT2D eigenvalue weighted by Crippen LogP contribution is 2.34. The first-order valence-electron chi connectivity index (χ1n) is 10.6. The van der Waals surface area contributed by atoms with Gasteiger partial charge in [0.05, 0.1) is 5.56 Å². The monoisotopic (exact) mass is 427 g/mol. The molecule has 1 aliphatic rings. The zero-order valence-corrected chi connectivity index (χ0v) is 17.6. The first kappa shape index (κ1) is 21.2. The van der Waals surface area contributed by atoms with Crippen molar-refractivity contribution in [2.45, 2.75) is 37.8 Å². The Morgan fingerprint density at radius 1 is 1.03 bits per heavy atom. The molecule has 1 aliphatic carbocycles. The van der Waals surface area contributed by atoms with Crippen molar-refractivity contribution >= 4 is 17.5 Å². The zero-order valence-electron chi connectivity index (χ0n) is 17.6. The van der Waals surface area contributed by atoms with E-state index in [-0.39, 0.29) is 18.0 Å². The Morgan fingerprint density at radius 3 is 2.50 bits per heavy atom. The molecule has 4 N–H and O–H groups in total. The van der Waals surface area contributed by atoms with Gasteiger partial charge < -0.3 is 21.1 Å². The van der Waals surface area contributed by atoms with Crippen molar-refractivity contribution in [3.8, 4) is 35.0 Å². The van der Waals surface area contributed by atoms with Gasteiger partial charge in [-0.25, -0.2) is 9.97 Å². The van der Waals surface area contributed by atoms with E-state index in [1.54, 1.807) is 0 Å². The van der Waals surface area contributed by atoms with Gasteiger partial charge in [-0.2, -0.15) is 0 Å². The Labute approximate surface area is 187 Å². The van der Waals surface area contributed by atoms with Crippen molar-refractivity contribution in [2.75, 3.05) is 11.1 Å². The molecule has 3 aromatic rings. The lowest BCUT2D eigenvalue weighted by Crippen LogP contribution is -2.41. The number of carbonyl (C=O) groups is 1. The van der Waals surface area contributed by atoms with Crippen LogP contribution in [0.2, 0.25) is 0 Å². The number of nitrogens with one attached hydrogen (secondary N) is 2. The number of anilines is 2. The van der Waals surface area contributed by atoms with Gasteiger partial charge >= 0.3 is 0 Å². The Hall–Kier alpha value is -4.05. The van der Waals surface area contributed by atoms with Crippen molar-refractivity contribution in [2.24, 2.45) is 0 Å². The van der Waals surface area contributed by atoms with E-state index >= 15 is 0 Å². The summed E-state index contributed by atoms with van der Waals surface area (Å²) in [5.41, 5.74) is 7.86. The smallest absolute Gasteiger partial charge is 0.295 e. The molecule has 0 bridgehead atoms. The van der Waals surface area contributed by atoms with Crippen LogP contribution in [0, 0.1) is 12.3 Å². The van der Waals surface area contributed by atoms with Crippen LogP contribution in [0.1, 0.15) is 25.7 Å². The number of hydrogen-bond donors (Lipinski definition) is 3. The number of ether oxygens (including phenoxy) is 1. The number of aromatic nitrogens is 2. The fourth-order valence-corrected chi connectivity index (χ4v) is 3.98. The van der Waals surface area contributed by atoms with Crippen molar-refractivity contribution in [1.82, 2.24) is 15.3 Å². The molecule has 1 saturated carbocycles. The minimum Gasteiger partial charge on any atom is -0.457 e. The second-order valence-electron chi connectivity index (χ2n) is 7.74. The van der Waals surface area contributed by atoms with Gasteiger partial charge in [0.15, 0.2) is 0 Å². The summed E-state index contributed by atoms with van der Waals surface area (Å²) in [6, 6.07) is 17.5. The second kappa shape index (κ2) is 9.84. The molecule has 0 spiro atoms. The van der Waals surface area contributed by atoms with Crippen molar-refractivity contribution in [1.29, 1.82) is 0 Å². The van der Waals surface area contributed by atoms with Crippen LogP contribution in [0.3, 0.4) is 0 Å².